The van der Waals surface area contributed by atoms with Gasteiger partial charge in [0.05, 0.1) is 18.2 Å². The lowest BCUT2D eigenvalue weighted by molar-refractivity contribution is 0.107. The molecular weight excluding hydrogens is 597 g/mol. The molecule has 9 nitrogen and oxygen atoms in total. The molecule has 0 amide bonds. The second kappa shape index (κ2) is 10.9. The maximum absolute atomic E-state index is 17.0. The van der Waals surface area contributed by atoms with Crippen LogP contribution in [0.25, 0.3) is 32.9 Å². The SMILES string of the molecule is C#Cc1c(F)ccc2cc(O)cc(-c3nc(OC)c4c(N5CC6CCC(C5)N6)nc(OC[C@@]56CCCN5C[C@H](F)C6)nc4c3F)c12. The molecular formula is C34H33F3N6O3. The lowest BCUT2D eigenvalue weighted by Gasteiger charge is -2.34. The van der Waals surface area contributed by atoms with E-state index in [1.165, 1.54) is 31.4 Å². The van der Waals surface area contributed by atoms with Crippen molar-refractivity contribution in [3.05, 3.63) is 41.5 Å². The van der Waals surface area contributed by atoms with Gasteiger partial charge in [-0.25, -0.2) is 18.2 Å². The summed E-state index contributed by atoms with van der Waals surface area (Å²) in [5.41, 5.74) is -0.775. The minimum absolute atomic E-state index is 0.0360. The zero-order valence-corrected chi connectivity index (χ0v) is 25.3. The molecule has 2 aromatic heterocycles. The summed E-state index contributed by atoms with van der Waals surface area (Å²) in [7, 11) is 1.42. The molecule has 0 aliphatic carbocycles. The van der Waals surface area contributed by atoms with Crippen LogP contribution in [0.2, 0.25) is 0 Å². The zero-order valence-electron chi connectivity index (χ0n) is 25.3. The Morgan fingerprint density at radius 3 is 2.67 bits per heavy atom. The van der Waals surface area contributed by atoms with Crippen molar-refractivity contribution in [1.29, 1.82) is 0 Å². The lowest BCUT2D eigenvalue weighted by Crippen LogP contribution is -2.51. The first-order valence-corrected chi connectivity index (χ1v) is 15.7. The molecule has 6 heterocycles. The predicted molar refractivity (Wildman–Crippen MR) is 167 cm³/mol. The van der Waals surface area contributed by atoms with Crippen LogP contribution < -0.4 is 19.7 Å². The fourth-order valence-corrected chi connectivity index (χ4v) is 8.09. The molecule has 4 saturated heterocycles. The normalized spacial score (nSPS) is 25.7. The number of alkyl halides is 1. The number of halogens is 3. The Bertz CT molecular complexity index is 1920. The number of methoxy groups -OCH3 is 1. The minimum atomic E-state index is -0.932. The van der Waals surface area contributed by atoms with E-state index in [9.17, 15) is 13.9 Å². The van der Waals surface area contributed by atoms with Gasteiger partial charge in [-0.05, 0) is 55.8 Å². The molecule has 4 fully saturated rings. The van der Waals surface area contributed by atoms with E-state index in [1.807, 2.05) is 0 Å². The van der Waals surface area contributed by atoms with Gasteiger partial charge in [-0.2, -0.15) is 9.97 Å². The molecule has 4 aliphatic rings. The number of terminal acetylenes is 1. The third kappa shape index (κ3) is 4.59. The van der Waals surface area contributed by atoms with Gasteiger partial charge in [-0.3, -0.25) is 4.90 Å². The topological polar surface area (TPSA) is 95.9 Å². The quantitative estimate of drug-likeness (QED) is 0.294. The summed E-state index contributed by atoms with van der Waals surface area (Å²) < 4.78 is 58.4. The van der Waals surface area contributed by atoms with E-state index < -0.39 is 23.3 Å². The number of anilines is 1. The molecule has 0 spiro atoms. The molecule has 238 valence electrons. The number of phenols is 1. The van der Waals surface area contributed by atoms with Crippen molar-refractivity contribution in [2.24, 2.45) is 0 Å². The van der Waals surface area contributed by atoms with E-state index >= 15 is 4.39 Å². The largest absolute Gasteiger partial charge is 0.508 e. The van der Waals surface area contributed by atoms with Crippen molar-refractivity contribution in [2.45, 2.75) is 55.9 Å². The Balaban J connectivity index is 1.32. The van der Waals surface area contributed by atoms with Gasteiger partial charge in [0.25, 0.3) is 0 Å². The molecule has 12 heteroatoms. The Morgan fingerprint density at radius 1 is 1.11 bits per heavy atom. The number of pyridine rings is 1. The van der Waals surface area contributed by atoms with Crippen LogP contribution in [0.15, 0.2) is 24.3 Å². The number of ether oxygens (including phenoxy) is 2. The van der Waals surface area contributed by atoms with E-state index in [2.05, 4.69) is 31.0 Å². The van der Waals surface area contributed by atoms with Crippen molar-refractivity contribution < 1.29 is 27.8 Å². The molecule has 0 radical (unpaired) electrons. The number of phenolic OH excluding ortho intramolecular Hbond substituents is 1. The highest BCUT2D eigenvalue weighted by Gasteiger charge is 2.49. The predicted octanol–water partition coefficient (Wildman–Crippen LogP) is 4.71. The molecule has 2 aromatic carbocycles. The van der Waals surface area contributed by atoms with E-state index in [-0.39, 0.29) is 69.4 Å². The molecule has 46 heavy (non-hydrogen) atoms. The van der Waals surface area contributed by atoms with E-state index in [1.54, 1.807) is 0 Å². The number of nitrogens with one attached hydrogen (secondary N) is 1. The van der Waals surface area contributed by atoms with Crippen molar-refractivity contribution in [3.8, 4) is 41.2 Å². The Kier molecular flexibility index (Phi) is 6.88. The van der Waals surface area contributed by atoms with Gasteiger partial charge in [-0.15, -0.1) is 6.42 Å². The zero-order chi connectivity index (χ0) is 31.7. The van der Waals surface area contributed by atoms with Gasteiger partial charge < -0.3 is 24.8 Å². The number of piperazine rings is 1. The number of aromatic hydroxyl groups is 1. The summed E-state index contributed by atoms with van der Waals surface area (Å²) in [5, 5.41) is 15.1. The highest BCUT2D eigenvalue weighted by molar-refractivity contribution is 6.04. The first-order chi connectivity index (χ1) is 22.3. The molecule has 4 atom stereocenters. The van der Waals surface area contributed by atoms with Crippen LogP contribution in [-0.2, 0) is 0 Å². The average Bonchev–Trinajstić information content (AvgIpc) is 3.70. The Hall–Kier alpha value is -4.34. The first-order valence-electron chi connectivity index (χ1n) is 15.7. The summed E-state index contributed by atoms with van der Waals surface area (Å²) in [6.07, 6.45) is 8.91. The van der Waals surface area contributed by atoms with E-state index in [4.69, 9.17) is 20.9 Å². The number of hydrogen-bond donors (Lipinski definition) is 2. The van der Waals surface area contributed by atoms with Crippen molar-refractivity contribution in [2.75, 3.05) is 44.8 Å². The highest BCUT2D eigenvalue weighted by atomic mass is 19.1. The molecule has 2 N–H and O–H groups in total. The fraction of sp³-hybridized carbons (Fsp3) is 0.441. The molecule has 8 rings (SSSR count). The van der Waals surface area contributed by atoms with E-state index in [0.717, 1.165) is 32.2 Å². The van der Waals surface area contributed by atoms with Crippen LogP contribution in [0.4, 0.5) is 19.0 Å². The number of hydrogen-bond acceptors (Lipinski definition) is 9. The number of benzene rings is 2. The second-order valence-corrected chi connectivity index (χ2v) is 12.9. The minimum Gasteiger partial charge on any atom is -0.508 e. The van der Waals surface area contributed by atoms with Crippen LogP contribution in [0.1, 0.15) is 37.7 Å². The monoisotopic (exact) mass is 630 g/mol. The van der Waals surface area contributed by atoms with Crippen LogP contribution in [0.3, 0.4) is 0 Å². The Morgan fingerprint density at radius 2 is 1.91 bits per heavy atom. The molecule has 2 unspecified atom stereocenters. The summed E-state index contributed by atoms with van der Waals surface area (Å²) in [6, 6.07) is 5.86. The number of nitrogens with zero attached hydrogens (tertiary/aromatic N) is 5. The van der Waals surface area contributed by atoms with Gasteiger partial charge in [0.1, 0.15) is 46.8 Å². The number of fused-ring (bicyclic) bond motifs is 5. The Labute approximate surface area is 263 Å². The van der Waals surface area contributed by atoms with Crippen molar-refractivity contribution in [1.82, 2.24) is 25.2 Å². The summed E-state index contributed by atoms with van der Waals surface area (Å²) >= 11 is 0. The summed E-state index contributed by atoms with van der Waals surface area (Å²) in [4.78, 5) is 18.2. The van der Waals surface area contributed by atoms with Gasteiger partial charge in [0, 0.05) is 49.1 Å². The maximum Gasteiger partial charge on any atom is 0.319 e. The standard InChI is InChI=1S/C34H33F3N6O3/c1-3-23-25(36)8-5-18-11-22(44)12-24(26(18)23)29-28(37)30-27(32(39-29)45-2)31(42-15-20-6-7-21(16-42)38-20)41-33(40-30)46-17-34-9-4-10-43(34)14-19(35)13-34/h1,5,8,11-12,19-21,38,44H,4,6-7,9-10,13-17H2,2H3/t19-,20?,21?,34+/m1/s1. The smallest absolute Gasteiger partial charge is 0.319 e. The van der Waals surface area contributed by atoms with Crippen molar-refractivity contribution in [3.63, 3.8) is 0 Å². The van der Waals surface area contributed by atoms with Crippen LogP contribution in [0.5, 0.6) is 17.6 Å². The lowest BCUT2D eigenvalue weighted by atomic mass is 9.95. The molecule has 2 bridgehead atoms. The first kappa shape index (κ1) is 29.1. The van der Waals surface area contributed by atoms with Gasteiger partial charge in [0.2, 0.25) is 5.88 Å². The van der Waals surface area contributed by atoms with Crippen LogP contribution in [-0.4, -0.2) is 88.6 Å². The highest BCUT2D eigenvalue weighted by Crippen LogP contribution is 2.44. The van der Waals surface area contributed by atoms with Gasteiger partial charge in [0.15, 0.2) is 5.82 Å². The molecule has 4 aromatic rings. The third-order valence-electron chi connectivity index (χ3n) is 10.1. The van der Waals surface area contributed by atoms with Crippen LogP contribution in [0, 0.1) is 24.0 Å². The van der Waals surface area contributed by atoms with Gasteiger partial charge >= 0.3 is 6.01 Å². The van der Waals surface area contributed by atoms with Crippen LogP contribution >= 0.6 is 0 Å². The second-order valence-electron chi connectivity index (χ2n) is 12.9. The summed E-state index contributed by atoms with van der Waals surface area (Å²) in [5.74, 6) is 1.19. The molecule has 0 saturated carbocycles. The fourth-order valence-electron chi connectivity index (χ4n) is 8.09. The van der Waals surface area contributed by atoms with Gasteiger partial charge in [-0.1, -0.05) is 12.0 Å². The maximum atomic E-state index is 17.0. The third-order valence-corrected chi connectivity index (χ3v) is 10.1. The average molecular weight is 631 g/mol. The number of aromatic nitrogens is 3. The number of rotatable bonds is 6. The molecule has 4 aliphatic heterocycles. The van der Waals surface area contributed by atoms with Crippen molar-refractivity contribution >= 4 is 27.5 Å². The van der Waals surface area contributed by atoms with E-state index in [0.29, 0.717) is 37.3 Å². The summed E-state index contributed by atoms with van der Waals surface area (Å²) in [6.45, 7) is 2.62.